The van der Waals surface area contributed by atoms with Gasteiger partial charge in [0.2, 0.25) is 10.0 Å². The molecule has 1 heterocycles. The number of nitrogens with zero attached hydrogens (tertiary/aromatic N) is 1. The van der Waals surface area contributed by atoms with Crippen LogP contribution in [0.3, 0.4) is 0 Å². The minimum atomic E-state index is -3.94. The smallest absolute Gasteiger partial charge is 0.323 e. The summed E-state index contributed by atoms with van der Waals surface area (Å²) < 4.78 is 26.2. The predicted octanol–water partition coefficient (Wildman–Crippen LogP) is 0.788. The Morgan fingerprint density at radius 3 is 2.75 bits per heavy atom. The van der Waals surface area contributed by atoms with Gasteiger partial charge in [-0.3, -0.25) is 9.10 Å². The third kappa shape index (κ3) is 2.64. The molecule has 20 heavy (non-hydrogen) atoms. The first-order chi connectivity index (χ1) is 9.34. The standard InChI is InChI=1S/C13H18N2O4S/c1-9-8-15(20(18,19)10(2)13(16)17)12-6-4-3-5-11(12)7-14-9/h3-6,9-10,14H,7-8H2,1-2H3,(H,16,17). The number of sulfonamides is 1. The molecule has 2 N–H and O–H groups in total. The summed E-state index contributed by atoms with van der Waals surface area (Å²) in [5.41, 5.74) is 1.40. The maximum atomic E-state index is 12.5. The highest BCUT2D eigenvalue weighted by atomic mass is 32.2. The molecule has 0 fully saturated rings. The molecule has 6 nitrogen and oxygen atoms in total. The van der Waals surface area contributed by atoms with E-state index in [9.17, 15) is 13.2 Å². The van der Waals surface area contributed by atoms with Crippen molar-refractivity contribution < 1.29 is 18.3 Å². The molecule has 0 bridgehead atoms. The van der Waals surface area contributed by atoms with E-state index in [1.165, 1.54) is 11.2 Å². The van der Waals surface area contributed by atoms with E-state index in [0.29, 0.717) is 12.2 Å². The van der Waals surface area contributed by atoms with E-state index in [1.54, 1.807) is 12.1 Å². The molecule has 2 unspecified atom stereocenters. The Labute approximate surface area is 118 Å². The summed E-state index contributed by atoms with van der Waals surface area (Å²) in [5, 5.41) is 10.8. The van der Waals surface area contributed by atoms with E-state index < -0.39 is 21.2 Å². The Morgan fingerprint density at radius 1 is 1.45 bits per heavy atom. The van der Waals surface area contributed by atoms with E-state index in [2.05, 4.69) is 5.32 Å². The molecule has 0 saturated carbocycles. The topological polar surface area (TPSA) is 86.7 Å². The van der Waals surface area contributed by atoms with Gasteiger partial charge in [0.25, 0.3) is 0 Å². The number of benzene rings is 1. The SMILES string of the molecule is CC1CN(S(=O)(=O)C(C)C(=O)O)c2ccccc2CN1. The van der Waals surface area contributed by atoms with Gasteiger partial charge in [-0.15, -0.1) is 0 Å². The van der Waals surface area contributed by atoms with Gasteiger partial charge in [-0.25, -0.2) is 8.42 Å². The second-order valence-corrected chi connectivity index (χ2v) is 7.14. The fourth-order valence-corrected chi connectivity index (χ4v) is 3.68. The maximum absolute atomic E-state index is 12.5. The zero-order chi connectivity index (χ0) is 14.9. The first kappa shape index (κ1) is 14.8. The molecule has 7 heteroatoms. The van der Waals surface area contributed by atoms with Crippen LogP contribution in [0.5, 0.6) is 0 Å². The van der Waals surface area contributed by atoms with Crippen LogP contribution in [0.1, 0.15) is 19.4 Å². The number of nitrogens with one attached hydrogen (secondary N) is 1. The Hall–Kier alpha value is -1.60. The molecule has 2 rings (SSSR count). The van der Waals surface area contributed by atoms with Crippen LogP contribution in [-0.2, 0) is 21.4 Å². The number of aliphatic carboxylic acids is 1. The molecule has 1 aliphatic rings. The minimum absolute atomic E-state index is 0.0573. The first-order valence-corrected chi connectivity index (χ1v) is 7.90. The zero-order valence-corrected chi connectivity index (χ0v) is 12.2. The van der Waals surface area contributed by atoms with Gasteiger partial charge in [0.1, 0.15) is 0 Å². The second-order valence-electron chi connectivity index (χ2n) is 4.97. The van der Waals surface area contributed by atoms with Gasteiger partial charge >= 0.3 is 5.97 Å². The van der Waals surface area contributed by atoms with Gasteiger partial charge < -0.3 is 10.4 Å². The number of anilines is 1. The third-order valence-electron chi connectivity index (χ3n) is 3.44. The van der Waals surface area contributed by atoms with Crippen molar-refractivity contribution in [2.75, 3.05) is 10.8 Å². The van der Waals surface area contributed by atoms with Crippen LogP contribution >= 0.6 is 0 Å². The lowest BCUT2D eigenvalue weighted by Crippen LogP contribution is -2.45. The van der Waals surface area contributed by atoms with Gasteiger partial charge in [-0.1, -0.05) is 18.2 Å². The monoisotopic (exact) mass is 298 g/mol. The molecule has 0 amide bonds. The maximum Gasteiger partial charge on any atom is 0.323 e. The van der Waals surface area contributed by atoms with Gasteiger partial charge in [0.15, 0.2) is 5.25 Å². The zero-order valence-electron chi connectivity index (χ0n) is 11.4. The normalized spacial score (nSPS) is 20.9. The molecule has 1 aromatic rings. The Morgan fingerprint density at radius 2 is 2.10 bits per heavy atom. The van der Waals surface area contributed by atoms with E-state index in [0.717, 1.165) is 5.56 Å². The highest BCUT2D eigenvalue weighted by Gasteiger charge is 2.36. The van der Waals surface area contributed by atoms with E-state index in [4.69, 9.17) is 5.11 Å². The van der Waals surface area contributed by atoms with Gasteiger partial charge in [-0.2, -0.15) is 0 Å². The number of hydrogen-bond donors (Lipinski definition) is 2. The van der Waals surface area contributed by atoms with Crippen molar-refractivity contribution in [3.8, 4) is 0 Å². The molecule has 110 valence electrons. The van der Waals surface area contributed by atoms with Gasteiger partial charge in [0, 0.05) is 19.1 Å². The second kappa shape index (κ2) is 5.41. The third-order valence-corrected chi connectivity index (χ3v) is 5.50. The summed E-state index contributed by atoms with van der Waals surface area (Å²) in [4.78, 5) is 11.0. The summed E-state index contributed by atoms with van der Waals surface area (Å²) in [6.07, 6.45) is 0. The van der Waals surface area contributed by atoms with Crippen LogP contribution in [0, 0.1) is 0 Å². The summed E-state index contributed by atoms with van der Waals surface area (Å²) in [5.74, 6) is -1.34. The number of para-hydroxylation sites is 1. The van der Waals surface area contributed by atoms with Crippen molar-refractivity contribution >= 4 is 21.7 Å². The summed E-state index contributed by atoms with van der Waals surface area (Å²) in [7, 11) is -3.94. The summed E-state index contributed by atoms with van der Waals surface area (Å²) in [6.45, 7) is 3.85. The van der Waals surface area contributed by atoms with E-state index >= 15 is 0 Å². The number of fused-ring (bicyclic) bond motifs is 1. The fourth-order valence-electron chi connectivity index (χ4n) is 2.16. The Balaban J connectivity index is 2.51. The van der Waals surface area contributed by atoms with Crippen LogP contribution in [0.2, 0.25) is 0 Å². The van der Waals surface area contributed by atoms with E-state index in [-0.39, 0.29) is 12.6 Å². The summed E-state index contributed by atoms with van der Waals surface area (Å²) >= 11 is 0. The molecule has 0 saturated heterocycles. The molecular formula is C13H18N2O4S. The highest BCUT2D eigenvalue weighted by molar-refractivity contribution is 7.94. The molecule has 0 aromatic heterocycles. The highest BCUT2D eigenvalue weighted by Crippen LogP contribution is 2.27. The average Bonchev–Trinajstić information content (AvgIpc) is 2.58. The van der Waals surface area contributed by atoms with Crippen LogP contribution in [-0.4, -0.2) is 37.3 Å². The van der Waals surface area contributed by atoms with Crippen molar-refractivity contribution in [1.29, 1.82) is 0 Å². The molecule has 0 spiro atoms. The van der Waals surface area contributed by atoms with Crippen molar-refractivity contribution in [1.82, 2.24) is 5.32 Å². The number of rotatable bonds is 3. The van der Waals surface area contributed by atoms with Crippen LogP contribution < -0.4 is 9.62 Å². The van der Waals surface area contributed by atoms with Crippen LogP contribution in [0.25, 0.3) is 0 Å². The summed E-state index contributed by atoms with van der Waals surface area (Å²) in [6, 6.07) is 7.08. The largest absolute Gasteiger partial charge is 0.480 e. The van der Waals surface area contributed by atoms with Crippen molar-refractivity contribution in [2.45, 2.75) is 31.7 Å². The van der Waals surface area contributed by atoms with Crippen LogP contribution in [0.15, 0.2) is 24.3 Å². The molecule has 2 atom stereocenters. The molecule has 1 aliphatic heterocycles. The molecular weight excluding hydrogens is 280 g/mol. The lowest BCUT2D eigenvalue weighted by molar-refractivity contribution is -0.136. The average molecular weight is 298 g/mol. The van der Waals surface area contributed by atoms with Crippen LogP contribution in [0.4, 0.5) is 5.69 Å². The minimum Gasteiger partial charge on any atom is -0.480 e. The number of hydrogen-bond acceptors (Lipinski definition) is 4. The lowest BCUT2D eigenvalue weighted by atomic mass is 10.2. The Kier molecular flexibility index (Phi) is 4.01. The van der Waals surface area contributed by atoms with E-state index in [1.807, 2.05) is 19.1 Å². The molecule has 0 radical (unpaired) electrons. The lowest BCUT2D eigenvalue weighted by Gasteiger charge is -2.27. The van der Waals surface area contributed by atoms with Crippen molar-refractivity contribution in [3.63, 3.8) is 0 Å². The van der Waals surface area contributed by atoms with Gasteiger partial charge in [-0.05, 0) is 25.5 Å². The molecule has 1 aromatic carbocycles. The van der Waals surface area contributed by atoms with Crippen molar-refractivity contribution in [3.05, 3.63) is 29.8 Å². The first-order valence-electron chi connectivity index (χ1n) is 6.39. The van der Waals surface area contributed by atoms with Gasteiger partial charge in [0.05, 0.1) is 5.69 Å². The Bertz CT molecular complexity index is 615. The number of carbonyl (C=O) groups is 1. The number of carboxylic acid groups (broad SMARTS) is 1. The van der Waals surface area contributed by atoms with Crippen molar-refractivity contribution in [2.24, 2.45) is 0 Å². The quantitative estimate of drug-likeness (QED) is 0.861. The number of carboxylic acids is 1. The predicted molar refractivity (Wildman–Crippen MR) is 76.1 cm³/mol. The molecule has 0 aliphatic carbocycles. The fraction of sp³-hybridized carbons (Fsp3) is 0.462.